The van der Waals surface area contributed by atoms with Gasteiger partial charge in [-0.2, -0.15) is 0 Å². The van der Waals surface area contributed by atoms with Gasteiger partial charge in [-0.15, -0.1) is 24.0 Å². The lowest BCUT2D eigenvalue weighted by Gasteiger charge is -2.21. The van der Waals surface area contributed by atoms with Gasteiger partial charge in [0, 0.05) is 25.3 Å². The highest BCUT2D eigenvalue weighted by Crippen LogP contribution is 2.13. The number of β-amino-alcohol motifs (C(OH)–C–C–N with tert-alkyl or cyclic N) is 1. The molecular weight excluding hydrogens is 445 g/mol. The first-order valence-electron chi connectivity index (χ1n) is 8.72. The number of benzene rings is 1. The van der Waals surface area contributed by atoms with Crippen LogP contribution in [0.3, 0.4) is 0 Å². The predicted octanol–water partition coefficient (Wildman–Crippen LogP) is 1.34. The van der Waals surface area contributed by atoms with Crippen molar-refractivity contribution >= 4 is 41.5 Å². The molecule has 1 fully saturated rings. The summed E-state index contributed by atoms with van der Waals surface area (Å²) in [6, 6.07) is 7.73. The molecule has 146 valence electrons. The van der Waals surface area contributed by atoms with Gasteiger partial charge in [-0.25, -0.2) is 4.99 Å². The molecule has 0 radical (unpaired) electrons. The summed E-state index contributed by atoms with van der Waals surface area (Å²) in [5, 5.41) is 15.9. The molecule has 1 aliphatic rings. The monoisotopic (exact) mass is 475 g/mol. The van der Waals surface area contributed by atoms with Crippen molar-refractivity contribution in [3.05, 3.63) is 29.8 Å². The van der Waals surface area contributed by atoms with E-state index in [1.165, 1.54) is 0 Å². The van der Waals surface area contributed by atoms with E-state index < -0.39 is 0 Å². The molecule has 3 N–H and O–H groups in total. The van der Waals surface area contributed by atoms with Crippen molar-refractivity contribution in [3.8, 4) is 0 Å². The number of aliphatic hydroxyl groups excluding tert-OH is 1. The Morgan fingerprint density at radius 1 is 1.42 bits per heavy atom. The maximum atomic E-state index is 11.9. The van der Waals surface area contributed by atoms with Crippen LogP contribution in [-0.4, -0.2) is 73.2 Å². The average molecular weight is 475 g/mol. The van der Waals surface area contributed by atoms with Gasteiger partial charge in [0.05, 0.1) is 19.2 Å². The van der Waals surface area contributed by atoms with Gasteiger partial charge in [-0.05, 0) is 45.1 Å². The summed E-state index contributed by atoms with van der Waals surface area (Å²) in [6.07, 6.45) is 0.497. The second-order valence-corrected chi connectivity index (χ2v) is 6.55. The minimum absolute atomic E-state index is 0. The van der Waals surface area contributed by atoms with Crippen LogP contribution in [0, 0.1) is 0 Å². The lowest BCUT2D eigenvalue weighted by Crippen LogP contribution is -2.40. The smallest absolute Gasteiger partial charge is 0.238 e. The summed E-state index contributed by atoms with van der Waals surface area (Å²) >= 11 is 0. The van der Waals surface area contributed by atoms with E-state index in [0.29, 0.717) is 19.6 Å². The molecule has 1 aliphatic heterocycles. The summed E-state index contributed by atoms with van der Waals surface area (Å²) in [7, 11) is 3.73. The first-order valence-corrected chi connectivity index (χ1v) is 8.72. The van der Waals surface area contributed by atoms with E-state index in [4.69, 9.17) is 0 Å². The number of rotatable bonds is 6. The molecule has 0 spiro atoms. The molecule has 1 aromatic carbocycles. The fourth-order valence-corrected chi connectivity index (χ4v) is 2.76. The zero-order valence-electron chi connectivity index (χ0n) is 15.7. The number of amides is 1. The number of hydrogen-bond donors (Lipinski definition) is 3. The zero-order valence-corrected chi connectivity index (χ0v) is 18.1. The number of halogens is 1. The number of aliphatic imine (C=N–C) groups is 1. The van der Waals surface area contributed by atoms with Gasteiger partial charge in [-0.1, -0.05) is 12.1 Å². The number of carbonyl (C=O) groups excluding carboxylic acids is 1. The summed E-state index contributed by atoms with van der Waals surface area (Å²) in [5.41, 5.74) is 1.80. The number of nitrogens with one attached hydrogen (secondary N) is 2. The Labute approximate surface area is 172 Å². The fraction of sp³-hybridized carbons (Fsp3) is 0.556. The Morgan fingerprint density at radius 2 is 2.19 bits per heavy atom. The summed E-state index contributed by atoms with van der Waals surface area (Å²) in [5.74, 6) is 0.783. The molecule has 1 saturated heterocycles. The molecule has 1 heterocycles. The van der Waals surface area contributed by atoms with Crippen LogP contribution in [0.4, 0.5) is 5.69 Å². The normalized spacial score (nSPS) is 17.2. The highest BCUT2D eigenvalue weighted by Gasteiger charge is 2.22. The van der Waals surface area contributed by atoms with Crippen molar-refractivity contribution in [1.82, 2.24) is 15.1 Å². The number of anilines is 1. The van der Waals surface area contributed by atoms with Gasteiger partial charge < -0.3 is 25.5 Å². The number of hydrogen-bond acceptors (Lipinski definition) is 4. The van der Waals surface area contributed by atoms with Crippen LogP contribution in [0.15, 0.2) is 29.3 Å². The van der Waals surface area contributed by atoms with Crippen LogP contribution >= 0.6 is 24.0 Å². The summed E-state index contributed by atoms with van der Waals surface area (Å²) in [6.45, 7) is 5.12. The van der Waals surface area contributed by atoms with E-state index >= 15 is 0 Å². The number of likely N-dealkylation sites (tertiary alicyclic amines) is 1. The predicted molar refractivity (Wildman–Crippen MR) is 116 cm³/mol. The maximum absolute atomic E-state index is 11.9. The third-order valence-corrected chi connectivity index (χ3v) is 3.88. The van der Waals surface area contributed by atoms with E-state index in [-0.39, 0.29) is 36.0 Å². The third-order valence-electron chi connectivity index (χ3n) is 3.88. The quantitative estimate of drug-likeness (QED) is 0.329. The van der Waals surface area contributed by atoms with Gasteiger partial charge >= 0.3 is 0 Å². The molecule has 1 amide bonds. The van der Waals surface area contributed by atoms with Crippen LogP contribution in [-0.2, 0) is 11.3 Å². The molecule has 0 unspecified atom stereocenters. The summed E-state index contributed by atoms with van der Waals surface area (Å²) in [4.78, 5) is 20.4. The van der Waals surface area contributed by atoms with Crippen LogP contribution in [0.5, 0.6) is 0 Å². The lowest BCUT2D eigenvalue weighted by atomic mass is 10.2. The van der Waals surface area contributed by atoms with Crippen LogP contribution in [0.2, 0.25) is 0 Å². The second-order valence-electron chi connectivity index (χ2n) is 6.55. The number of likely N-dealkylation sites (N-methyl/N-ethyl adjacent to an activating group) is 1. The Balaban J connectivity index is 0.00000338. The SMILES string of the molecule is CCNC(=NCc1cccc(NC(=O)CN(C)C)c1)N1CC[C@@H](O)C1.I. The van der Waals surface area contributed by atoms with E-state index in [1.54, 1.807) is 0 Å². The van der Waals surface area contributed by atoms with Gasteiger partial charge in [0.1, 0.15) is 0 Å². The van der Waals surface area contributed by atoms with Gasteiger partial charge in [0.2, 0.25) is 5.91 Å². The Morgan fingerprint density at radius 3 is 2.81 bits per heavy atom. The van der Waals surface area contributed by atoms with Crippen molar-refractivity contribution in [2.24, 2.45) is 4.99 Å². The number of aliphatic hydroxyl groups is 1. The molecule has 1 atom stereocenters. The van der Waals surface area contributed by atoms with Crippen molar-refractivity contribution in [3.63, 3.8) is 0 Å². The molecule has 8 heteroatoms. The molecule has 1 aromatic rings. The minimum Gasteiger partial charge on any atom is -0.391 e. The van der Waals surface area contributed by atoms with Crippen LogP contribution < -0.4 is 10.6 Å². The van der Waals surface area contributed by atoms with Crippen molar-refractivity contribution in [2.75, 3.05) is 45.6 Å². The van der Waals surface area contributed by atoms with Crippen molar-refractivity contribution in [2.45, 2.75) is 26.0 Å². The maximum Gasteiger partial charge on any atom is 0.238 e. The molecule has 7 nitrogen and oxygen atoms in total. The van der Waals surface area contributed by atoms with E-state index in [0.717, 1.165) is 36.7 Å². The number of guanidine groups is 1. The zero-order chi connectivity index (χ0) is 18.2. The van der Waals surface area contributed by atoms with Gasteiger partial charge in [-0.3, -0.25) is 4.79 Å². The highest BCUT2D eigenvalue weighted by atomic mass is 127. The topological polar surface area (TPSA) is 80.2 Å². The van der Waals surface area contributed by atoms with E-state index in [9.17, 15) is 9.90 Å². The highest BCUT2D eigenvalue weighted by molar-refractivity contribution is 14.0. The molecule has 0 bridgehead atoms. The van der Waals surface area contributed by atoms with E-state index in [1.807, 2.05) is 50.2 Å². The first kappa shape index (κ1) is 22.7. The Kier molecular flexibility index (Phi) is 9.89. The molecule has 0 saturated carbocycles. The molecule has 0 aliphatic carbocycles. The van der Waals surface area contributed by atoms with Crippen molar-refractivity contribution in [1.29, 1.82) is 0 Å². The minimum atomic E-state index is -0.279. The second kappa shape index (κ2) is 11.3. The average Bonchev–Trinajstić information content (AvgIpc) is 2.97. The Bertz CT molecular complexity index is 609. The fourth-order valence-electron chi connectivity index (χ4n) is 2.76. The molecule has 26 heavy (non-hydrogen) atoms. The van der Waals surface area contributed by atoms with Crippen LogP contribution in [0.25, 0.3) is 0 Å². The molecule has 0 aromatic heterocycles. The molecule has 2 rings (SSSR count). The third kappa shape index (κ3) is 7.46. The standard InChI is InChI=1S/C18H29N5O2.HI/c1-4-19-18(23-9-8-16(24)12-23)20-11-14-6-5-7-15(10-14)21-17(25)13-22(2)3;/h5-7,10,16,24H,4,8-9,11-13H2,1-3H3,(H,19,20)(H,21,25);1H/t16-;/m1./s1. The first-order chi connectivity index (χ1) is 12.0. The lowest BCUT2D eigenvalue weighted by molar-refractivity contribution is -0.116. The van der Waals surface area contributed by atoms with Gasteiger partial charge in [0.15, 0.2) is 5.96 Å². The van der Waals surface area contributed by atoms with E-state index in [2.05, 4.69) is 20.5 Å². The Hall–Kier alpha value is -1.39. The van der Waals surface area contributed by atoms with Crippen LogP contribution in [0.1, 0.15) is 18.9 Å². The largest absolute Gasteiger partial charge is 0.391 e. The van der Waals surface area contributed by atoms with Gasteiger partial charge in [0.25, 0.3) is 0 Å². The molecular formula is C18H30IN5O2. The number of nitrogens with zero attached hydrogens (tertiary/aromatic N) is 3. The van der Waals surface area contributed by atoms with Crippen molar-refractivity contribution < 1.29 is 9.90 Å². The number of carbonyl (C=O) groups is 1. The summed E-state index contributed by atoms with van der Waals surface area (Å²) < 4.78 is 0.